The van der Waals surface area contributed by atoms with Gasteiger partial charge < -0.3 is 0 Å². The lowest BCUT2D eigenvalue weighted by Crippen LogP contribution is -2.41. The molecule has 1 aromatic carbocycles. The van der Waals surface area contributed by atoms with Gasteiger partial charge >= 0.3 is 0 Å². The molecule has 24 heavy (non-hydrogen) atoms. The molecular weight excluding hydrogens is 356 g/mol. The van der Waals surface area contributed by atoms with E-state index in [0.29, 0.717) is 6.42 Å². The van der Waals surface area contributed by atoms with E-state index in [-0.39, 0.29) is 35.1 Å². The van der Waals surface area contributed by atoms with Crippen molar-refractivity contribution in [2.75, 3.05) is 18.1 Å². The van der Waals surface area contributed by atoms with Crippen molar-refractivity contribution in [1.82, 2.24) is 4.31 Å². The number of non-ortho nitro benzene ring substituents is 1. The second-order valence-electron chi connectivity index (χ2n) is 5.78. The Morgan fingerprint density at radius 3 is 2.38 bits per heavy atom. The predicted molar refractivity (Wildman–Crippen MR) is 89.0 cm³/mol. The fourth-order valence-electron chi connectivity index (χ4n) is 2.69. The van der Waals surface area contributed by atoms with Crippen LogP contribution >= 0.6 is 0 Å². The van der Waals surface area contributed by atoms with Crippen LogP contribution in [0.2, 0.25) is 0 Å². The number of unbranched alkanes of at least 4 members (excludes halogenated alkanes) is 1. The first-order chi connectivity index (χ1) is 11.2. The van der Waals surface area contributed by atoms with E-state index in [1.807, 2.05) is 6.92 Å². The van der Waals surface area contributed by atoms with Crippen LogP contribution in [-0.2, 0) is 19.9 Å². The Morgan fingerprint density at radius 1 is 1.29 bits per heavy atom. The third-order valence-corrected chi connectivity index (χ3v) is 7.72. The highest BCUT2D eigenvalue weighted by Gasteiger charge is 2.38. The monoisotopic (exact) mass is 376 g/mol. The molecule has 1 saturated heterocycles. The molecule has 0 aromatic heterocycles. The molecular formula is C14H20N2O6S2. The number of rotatable bonds is 7. The topological polar surface area (TPSA) is 115 Å². The minimum absolute atomic E-state index is 0.0178. The molecule has 0 radical (unpaired) electrons. The Balaban J connectivity index is 2.34. The lowest BCUT2D eigenvalue weighted by molar-refractivity contribution is -0.384. The standard InChI is InChI=1S/C14H20N2O6S2/c1-2-3-9-15(13-8-10-23(19,20)11-13)24(21,22)14-6-4-12(5-7-14)16(17)18/h4-7,13H,2-3,8-11H2,1H3/t13-/m1/s1. The molecule has 1 aliphatic heterocycles. The summed E-state index contributed by atoms with van der Waals surface area (Å²) in [6, 6.07) is 4.07. The van der Waals surface area contributed by atoms with Crippen LogP contribution in [-0.4, -0.2) is 50.2 Å². The molecule has 10 heteroatoms. The molecule has 2 rings (SSSR count). The highest BCUT2D eigenvalue weighted by Crippen LogP contribution is 2.26. The number of nitro groups is 1. The molecule has 0 amide bonds. The molecule has 1 atom stereocenters. The SMILES string of the molecule is CCCCN([C@@H]1CCS(=O)(=O)C1)S(=O)(=O)c1ccc([N+](=O)[O-])cc1. The molecule has 0 saturated carbocycles. The minimum Gasteiger partial charge on any atom is -0.258 e. The van der Waals surface area contributed by atoms with Crippen LogP contribution in [0.25, 0.3) is 0 Å². The highest BCUT2D eigenvalue weighted by molar-refractivity contribution is 7.92. The maximum Gasteiger partial charge on any atom is 0.269 e. The molecule has 0 unspecified atom stereocenters. The lowest BCUT2D eigenvalue weighted by atomic mass is 10.2. The maximum absolute atomic E-state index is 12.9. The van der Waals surface area contributed by atoms with Gasteiger partial charge in [0, 0.05) is 24.7 Å². The van der Waals surface area contributed by atoms with Gasteiger partial charge in [-0.05, 0) is 25.0 Å². The fraction of sp³-hybridized carbons (Fsp3) is 0.571. The zero-order valence-corrected chi connectivity index (χ0v) is 14.9. The summed E-state index contributed by atoms with van der Waals surface area (Å²) in [6.45, 7) is 2.15. The van der Waals surface area contributed by atoms with E-state index in [1.165, 1.54) is 16.4 Å². The molecule has 1 fully saturated rings. The molecule has 8 nitrogen and oxygen atoms in total. The smallest absolute Gasteiger partial charge is 0.258 e. The van der Waals surface area contributed by atoms with Crippen LogP contribution in [0.3, 0.4) is 0 Å². The zero-order chi connectivity index (χ0) is 18.0. The number of hydrogen-bond donors (Lipinski definition) is 0. The molecule has 1 aromatic rings. The van der Waals surface area contributed by atoms with Crippen molar-refractivity contribution >= 4 is 25.5 Å². The van der Waals surface area contributed by atoms with E-state index in [9.17, 15) is 26.9 Å². The highest BCUT2D eigenvalue weighted by atomic mass is 32.2. The van der Waals surface area contributed by atoms with E-state index >= 15 is 0 Å². The number of sulfone groups is 1. The summed E-state index contributed by atoms with van der Waals surface area (Å²) in [5, 5.41) is 10.7. The average molecular weight is 376 g/mol. The van der Waals surface area contributed by atoms with Gasteiger partial charge in [0.25, 0.3) is 5.69 Å². The zero-order valence-electron chi connectivity index (χ0n) is 13.3. The summed E-state index contributed by atoms with van der Waals surface area (Å²) in [5.41, 5.74) is -0.197. The quantitative estimate of drug-likeness (QED) is 0.527. The lowest BCUT2D eigenvalue weighted by Gasteiger charge is -2.27. The van der Waals surface area contributed by atoms with E-state index in [2.05, 4.69) is 0 Å². The maximum atomic E-state index is 12.9. The van der Waals surface area contributed by atoms with Crippen molar-refractivity contribution in [2.45, 2.75) is 37.1 Å². The molecule has 0 bridgehead atoms. The van der Waals surface area contributed by atoms with Crippen LogP contribution in [0.1, 0.15) is 26.2 Å². The van der Waals surface area contributed by atoms with Crippen LogP contribution in [0, 0.1) is 10.1 Å². The Bertz CT molecular complexity index is 802. The van der Waals surface area contributed by atoms with Crippen LogP contribution in [0.4, 0.5) is 5.69 Å². The third kappa shape index (κ3) is 4.11. The number of nitrogens with zero attached hydrogens (tertiary/aromatic N) is 2. The van der Waals surface area contributed by atoms with Crippen molar-refractivity contribution in [3.05, 3.63) is 34.4 Å². The molecule has 1 heterocycles. The number of benzene rings is 1. The van der Waals surface area contributed by atoms with Crippen molar-refractivity contribution in [3.8, 4) is 0 Å². The van der Waals surface area contributed by atoms with Gasteiger partial charge in [-0.1, -0.05) is 13.3 Å². The largest absolute Gasteiger partial charge is 0.269 e. The van der Waals surface area contributed by atoms with E-state index in [0.717, 1.165) is 18.6 Å². The Morgan fingerprint density at radius 2 is 1.92 bits per heavy atom. The molecule has 0 N–H and O–H groups in total. The van der Waals surface area contributed by atoms with Gasteiger partial charge in [0.2, 0.25) is 10.0 Å². The Kier molecular flexibility index (Phi) is 5.61. The first-order valence-electron chi connectivity index (χ1n) is 7.64. The Hall–Kier alpha value is -1.52. The summed E-state index contributed by atoms with van der Waals surface area (Å²) in [5.74, 6) is -0.195. The van der Waals surface area contributed by atoms with Crippen LogP contribution < -0.4 is 0 Å². The van der Waals surface area contributed by atoms with Gasteiger partial charge in [-0.2, -0.15) is 4.31 Å². The second-order valence-corrected chi connectivity index (χ2v) is 9.90. The van der Waals surface area contributed by atoms with Gasteiger partial charge in [0.05, 0.1) is 21.3 Å². The molecule has 1 aliphatic rings. The molecule has 134 valence electrons. The van der Waals surface area contributed by atoms with E-state index < -0.39 is 30.8 Å². The normalized spacial score (nSPS) is 20.3. The first kappa shape index (κ1) is 18.8. The van der Waals surface area contributed by atoms with Crippen molar-refractivity contribution < 1.29 is 21.8 Å². The van der Waals surface area contributed by atoms with Crippen molar-refractivity contribution in [3.63, 3.8) is 0 Å². The number of nitro benzene ring substituents is 1. The van der Waals surface area contributed by atoms with Gasteiger partial charge in [-0.3, -0.25) is 10.1 Å². The predicted octanol–water partition coefficient (Wildman–Crippen LogP) is 1.57. The van der Waals surface area contributed by atoms with Crippen LogP contribution in [0.15, 0.2) is 29.2 Å². The molecule has 0 aliphatic carbocycles. The summed E-state index contributed by atoms with van der Waals surface area (Å²) in [7, 11) is -7.12. The summed E-state index contributed by atoms with van der Waals surface area (Å²) in [6.07, 6.45) is 1.66. The van der Waals surface area contributed by atoms with Crippen molar-refractivity contribution in [1.29, 1.82) is 0 Å². The minimum atomic E-state index is -3.90. The van der Waals surface area contributed by atoms with Gasteiger partial charge in [-0.25, -0.2) is 16.8 Å². The second kappa shape index (κ2) is 7.16. The van der Waals surface area contributed by atoms with E-state index in [1.54, 1.807) is 0 Å². The average Bonchev–Trinajstić information content (AvgIpc) is 2.87. The summed E-state index contributed by atoms with van der Waals surface area (Å²) < 4.78 is 50.4. The first-order valence-corrected chi connectivity index (χ1v) is 10.9. The van der Waals surface area contributed by atoms with Gasteiger partial charge in [-0.15, -0.1) is 0 Å². The molecule has 0 spiro atoms. The van der Waals surface area contributed by atoms with Gasteiger partial charge in [0.1, 0.15) is 0 Å². The summed E-state index contributed by atoms with van der Waals surface area (Å²) >= 11 is 0. The Labute approximate surface area is 141 Å². The number of hydrogen-bond acceptors (Lipinski definition) is 6. The van der Waals surface area contributed by atoms with Crippen LogP contribution in [0.5, 0.6) is 0 Å². The van der Waals surface area contributed by atoms with Gasteiger partial charge in [0.15, 0.2) is 9.84 Å². The fourth-order valence-corrected chi connectivity index (χ4v) is 6.21. The van der Waals surface area contributed by atoms with E-state index in [4.69, 9.17) is 0 Å². The summed E-state index contributed by atoms with van der Waals surface area (Å²) in [4.78, 5) is 10.0. The third-order valence-electron chi connectivity index (χ3n) is 4.00. The van der Waals surface area contributed by atoms with Crippen molar-refractivity contribution in [2.24, 2.45) is 0 Å². The number of sulfonamides is 1.